The molecule has 9 heteroatoms. The van der Waals surface area contributed by atoms with E-state index in [9.17, 15) is 14.4 Å². The number of benzene rings is 1. The monoisotopic (exact) mass is 379 g/mol. The molecule has 148 valence electrons. The topological polar surface area (TPSA) is 106 Å². The molecule has 1 fully saturated rings. The van der Waals surface area contributed by atoms with Crippen LogP contribution in [0.5, 0.6) is 17.2 Å². The van der Waals surface area contributed by atoms with Crippen molar-refractivity contribution >= 4 is 23.5 Å². The highest BCUT2D eigenvalue weighted by Gasteiger charge is 2.39. The summed E-state index contributed by atoms with van der Waals surface area (Å²) in [4.78, 5) is 37.6. The Morgan fingerprint density at radius 2 is 1.74 bits per heavy atom. The van der Waals surface area contributed by atoms with Crippen molar-refractivity contribution < 1.29 is 28.6 Å². The smallest absolute Gasteiger partial charge is 0.325 e. The fourth-order valence-corrected chi connectivity index (χ4v) is 2.86. The number of anilines is 1. The highest BCUT2D eigenvalue weighted by Crippen LogP contribution is 2.39. The molecule has 1 aromatic rings. The maximum Gasteiger partial charge on any atom is 0.325 e. The molecule has 27 heavy (non-hydrogen) atoms. The molecule has 0 radical (unpaired) electrons. The maximum atomic E-state index is 12.3. The number of nitrogens with zero attached hydrogens (tertiary/aromatic N) is 1. The average molecular weight is 379 g/mol. The van der Waals surface area contributed by atoms with E-state index in [1.165, 1.54) is 21.3 Å². The van der Waals surface area contributed by atoms with Crippen LogP contribution < -0.4 is 24.8 Å². The van der Waals surface area contributed by atoms with Gasteiger partial charge in [0, 0.05) is 17.8 Å². The third-order valence-electron chi connectivity index (χ3n) is 4.06. The van der Waals surface area contributed by atoms with Crippen LogP contribution in [-0.4, -0.2) is 56.7 Å². The Kier molecular flexibility index (Phi) is 6.49. The molecule has 0 unspecified atom stereocenters. The lowest BCUT2D eigenvalue weighted by Gasteiger charge is -2.16. The van der Waals surface area contributed by atoms with Crippen molar-refractivity contribution in [2.45, 2.75) is 26.3 Å². The van der Waals surface area contributed by atoms with E-state index in [0.717, 1.165) is 4.90 Å². The van der Waals surface area contributed by atoms with Crippen molar-refractivity contribution in [2.75, 3.05) is 33.2 Å². The second kappa shape index (κ2) is 8.61. The van der Waals surface area contributed by atoms with Gasteiger partial charge in [0.2, 0.25) is 11.7 Å². The van der Waals surface area contributed by atoms with Crippen LogP contribution in [0.15, 0.2) is 12.1 Å². The molecule has 0 spiro atoms. The summed E-state index contributed by atoms with van der Waals surface area (Å²) in [6.07, 6.45) is 0.523. The van der Waals surface area contributed by atoms with Crippen molar-refractivity contribution in [3.63, 3.8) is 0 Å². The van der Waals surface area contributed by atoms with Gasteiger partial charge in [-0.1, -0.05) is 13.8 Å². The minimum atomic E-state index is -0.591. The highest BCUT2D eigenvalue weighted by atomic mass is 16.5. The number of urea groups is 1. The number of carbonyl (C=O) groups excluding carboxylic acids is 3. The number of ether oxygens (including phenoxy) is 3. The van der Waals surface area contributed by atoms with Crippen molar-refractivity contribution in [1.29, 1.82) is 0 Å². The summed E-state index contributed by atoms with van der Waals surface area (Å²) < 4.78 is 15.7. The molecule has 1 saturated heterocycles. The molecule has 9 nitrogen and oxygen atoms in total. The van der Waals surface area contributed by atoms with Gasteiger partial charge in [0.05, 0.1) is 21.3 Å². The fraction of sp³-hybridized carbons (Fsp3) is 0.500. The van der Waals surface area contributed by atoms with Crippen LogP contribution in [0.1, 0.15) is 20.3 Å². The molecule has 2 rings (SSSR count). The van der Waals surface area contributed by atoms with Crippen LogP contribution >= 0.6 is 0 Å². The summed E-state index contributed by atoms with van der Waals surface area (Å²) in [5.74, 6) is 0.473. The lowest BCUT2D eigenvalue weighted by Crippen LogP contribution is -2.38. The van der Waals surface area contributed by atoms with Crippen LogP contribution in [0.4, 0.5) is 10.5 Å². The number of nitrogens with one attached hydrogen (secondary N) is 2. The van der Waals surface area contributed by atoms with Gasteiger partial charge in [-0.3, -0.25) is 14.5 Å². The summed E-state index contributed by atoms with van der Waals surface area (Å²) in [5.41, 5.74) is 0.389. The fourth-order valence-electron chi connectivity index (χ4n) is 2.86. The van der Waals surface area contributed by atoms with Gasteiger partial charge in [0.15, 0.2) is 11.5 Å². The predicted molar refractivity (Wildman–Crippen MR) is 98.2 cm³/mol. The summed E-state index contributed by atoms with van der Waals surface area (Å²) in [6.45, 7) is 3.54. The van der Waals surface area contributed by atoms with E-state index in [2.05, 4.69) is 10.6 Å². The lowest BCUT2D eigenvalue weighted by molar-refractivity contribution is -0.131. The van der Waals surface area contributed by atoms with E-state index in [-0.39, 0.29) is 12.5 Å². The number of hydrogen-bond donors (Lipinski definition) is 2. The van der Waals surface area contributed by atoms with Gasteiger partial charge in [0.25, 0.3) is 5.91 Å². The molecule has 0 saturated carbocycles. The largest absolute Gasteiger partial charge is 0.493 e. The molecule has 0 aliphatic carbocycles. The average Bonchev–Trinajstić information content (AvgIpc) is 2.87. The third kappa shape index (κ3) is 4.60. The zero-order valence-electron chi connectivity index (χ0n) is 16.1. The summed E-state index contributed by atoms with van der Waals surface area (Å²) in [5, 5.41) is 5.24. The van der Waals surface area contributed by atoms with Gasteiger partial charge in [-0.05, 0) is 12.3 Å². The van der Waals surface area contributed by atoms with Crippen molar-refractivity contribution in [1.82, 2.24) is 10.2 Å². The zero-order chi connectivity index (χ0) is 20.1. The molecular weight excluding hydrogens is 354 g/mol. The molecule has 0 aromatic heterocycles. The van der Waals surface area contributed by atoms with Gasteiger partial charge < -0.3 is 24.8 Å². The number of methoxy groups -OCH3 is 3. The predicted octanol–water partition coefficient (Wildman–Crippen LogP) is 1.62. The SMILES string of the molecule is COc1cc(NC(=O)CN2C(=O)N[C@H](CC(C)C)C2=O)cc(OC)c1OC. The number of imide groups is 1. The Morgan fingerprint density at radius 3 is 2.22 bits per heavy atom. The molecule has 2 N–H and O–H groups in total. The number of amides is 4. The Labute approximate surface area is 157 Å². The Bertz CT molecular complexity index is 709. The standard InChI is InChI=1S/C18H25N3O6/c1-10(2)6-12-17(23)21(18(24)20-12)9-15(22)19-11-7-13(25-3)16(27-5)14(8-11)26-4/h7-8,10,12H,6,9H2,1-5H3,(H,19,22)(H,20,24)/t12-/m1/s1. The van der Waals surface area contributed by atoms with Crippen molar-refractivity contribution in [3.8, 4) is 17.2 Å². The molecule has 0 bridgehead atoms. The third-order valence-corrected chi connectivity index (χ3v) is 4.06. The van der Waals surface area contributed by atoms with E-state index < -0.39 is 23.9 Å². The molecule has 1 aliphatic heterocycles. The molecule has 1 heterocycles. The Morgan fingerprint density at radius 1 is 1.15 bits per heavy atom. The van der Waals surface area contributed by atoms with Gasteiger partial charge in [-0.15, -0.1) is 0 Å². The van der Waals surface area contributed by atoms with Gasteiger partial charge >= 0.3 is 6.03 Å². The van der Waals surface area contributed by atoms with Crippen molar-refractivity contribution in [3.05, 3.63) is 12.1 Å². The molecule has 1 atom stereocenters. The quantitative estimate of drug-likeness (QED) is 0.665. The first-order valence-electron chi connectivity index (χ1n) is 8.52. The van der Waals surface area contributed by atoms with Gasteiger partial charge in [-0.2, -0.15) is 0 Å². The second-order valence-corrected chi connectivity index (χ2v) is 6.52. The van der Waals surface area contributed by atoms with E-state index >= 15 is 0 Å². The van der Waals surface area contributed by atoms with Crippen molar-refractivity contribution in [2.24, 2.45) is 5.92 Å². The first-order chi connectivity index (χ1) is 12.8. The van der Waals surface area contributed by atoms with E-state index in [1.54, 1.807) is 12.1 Å². The highest BCUT2D eigenvalue weighted by molar-refractivity contribution is 6.08. The molecule has 1 aliphatic rings. The zero-order valence-corrected chi connectivity index (χ0v) is 16.1. The molecular formula is C18H25N3O6. The summed E-state index contributed by atoms with van der Waals surface area (Å²) >= 11 is 0. The van der Waals surface area contributed by atoms with Crippen LogP contribution in [0.25, 0.3) is 0 Å². The molecule has 1 aromatic carbocycles. The minimum Gasteiger partial charge on any atom is -0.493 e. The first kappa shape index (κ1) is 20.3. The Balaban J connectivity index is 2.10. The maximum absolute atomic E-state index is 12.3. The van der Waals surface area contributed by atoms with E-state index in [4.69, 9.17) is 14.2 Å². The minimum absolute atomic E-state index is 0.243. The normalized spacial score (nSPS) is 16.4. The van der Waals surface area contributed by atoms with E-state index in [0.29, 0.717) is 29.4 Å². The number of rotatable bonds is 8. The van der Waals surface area contributed by atoms with Gasteiger partial charge in [0.1, 0.15) is 12.6 Å². The molecule has 4 amide bonds. The van der Waals surface area contributed by atoms with Gasteiger partial charge in [-0.25, -0.2) is 4.79 Å². The number of carbonyl (C=O) groups is 3. The Hall–Kier alpha value is -2.97. The van der Waals surface area contributed by atoms with Crippen LogP contribution in [0.3, 0.4) is 0 Å². The first-order valence-corrected chi connectivity index (χ1v) is 8.52. The van der Waals surface area contributed by atoms with Crippen LogP contribution in [-0.2, 0) is 9.59 Å². The summed E-state index contributed by atoms with van der Waals surface area (Å²) in [7, 11) is 4.40. The lowest BCUT2D eigenvalue weighted by atomic mass is 10.0. The summed E-state index contributed by atoms with van der Waals surface area (Å²) in [6, 6.07) is 1.97. The number of hydrogen-bond acceptors (Lipinski definition) is 6. The van der Waals surface area contributed by atoms with Crippen LogP contribution in [0, 0.1) is 5.92 Å². The second-order valence-electron chi connectivity index (χ2n) is 6.52. The van der Waals surface area contributed by atoms with E-state index in [1.807, 2.05) is 13.8 Å². The van der Waals surface area contributed by atoms with Crippen LogP contribution in [0.2, 0.25) is 0 Å².